The third kappa shape index (κ3) is 2.24. The van der Waals surface area contributed by atoms with Gasteiger partial charge in [0.1, 0.15) is 0 Å². The van der Waals surface area contributed by atoms with E-state index in [-0.39, 0.29) is 0 Å². The second-order valence-electron chi connectivity index (χ2n) is 3.32. The van der Waals surface area contributed by atoms with Gasteiger partial charge in [-0.1, -0.05) is 28.1 Å². The number of aromatic nitrogens is 2. The molecule has 2 aromatic rings. The van der Waals surface area contributed by atoms with E-state index in [1.54, 1.807) is 4.68 Å². The fraction of sp³-hybridized carbons (Fsp3) is 0.182. The Morgan fingerprint density at radius 3 is 2.60 bits per heavy atom. The molecule has 1 heterocycles. The molecule has 0 atom stereocenters. The highest BCUT2D eigenvalue weighted by molar-refractivity contribution is 9.10. The minimum absolute atomic E-state index is 0.485. The highest BCUT2D eigenvalue weighted by atomic mass is 79.9. The standard InChI is InChI=1S/C11H10BrClN2/c1-15-7-9(6-13)11(14-15)8-2-4-10(12)5-3-8/h2-5,7H,6H2,1H3. The summed E-state index contributed by atoms with van der Waals surface area (Å²) in [6.45, 7) is 0. The van der Waals surface area contributed by atoms with Crippen molar-refractivity contribution in [2.45, 2.75) is 5.88 Å². The summed E-state index contributed by atoms with van der Waals surface area (Å²) >= 11 is 9.27. The Morgan fingerprint density at radius 1 is 1.33 bits per heavy atom. The number of hydrogen-bond donors (Lipinski definition) is 0. The Kier molecular flexibility index (Phi) is 3.12. The molecule has 0 aliphatic heterocycles. The lowest BCUT2D eigenvalue weighted by Gasteiger charge is -1.99. The van der Waals surface area contributed by atoms with Crippen molar-refractivity contribution in [1.82, 2.24) is 9.78 Å². The molecule has 0 radical (unpaired) electrons. The summed E-state index contributed by atoms with van der Waals surface area (Å²) in [5.41, 5.74) is 3.11. The molecule has 2 nitrogen and oxygen atoms in total. The maximum absolute atomic E-state index is 5.86. The Hall–Kier alpha value is -0.800. The smallest absolute Gasteiger partial charge is 0.0967 e. The van der Waals surface area contributed by atoms with Crippen LogP contribution in [0.2, 0.25) is 0 Å². The Labute approximate surface area is 102 Å². The predicted molar refractivity (Wildman–Crippen MR) is 65.9 cm³/mol. The van der Waals surface area contributed by atoms with Gasteiger partial charge in [-0.15, -0.1) is 11.6 Å². The average Bonchev–Trinajstić information content (AvgIpc) is 2.61. The Morgan fingerprint density at radius 2 is 2.00 bits per heavy atom. The first kappa shape index (κ1) is 10.7. The summed E-state index contributed by atoms with van der Waals surface area (Å²) in [6.07, 6.45) is 1.95. The molecule has 1 aromatic heterocycles. The SMILES string of the molecule is Cn1cc(CCl)c(-c2ccc(Br)cc2)n1. The van der Waals surface area contributed by atoms with Crippen LogP contribution in [0.15, 0.2) is 34.9 Å². The van der Waals surface area contributed by atoms with Gasteiger partial charge in [0.15, 0.2) is 0 Å². The second-order valence-corrected chi connectivity index (χ2v) is 4.50. The number of alkyl halides is 1. The molecule has 2 rings (SSSR count). The van der Waals surface area contributed by atoms with Gasteiger partial charge in [0, 0.05) is 28.8 Å². The fourth-order valence-corrected chi connectivity index (χ4v) is 1.95. The topological polar surface area (TPSA) is 17.8 Å². The lowest BCUT2D eigenvalue weighted by molar-refractivity contribution is 0.770. The van der Waals surface area contributed by atoms with Crippen LogP contribution in [0.25, 0.3) is 11.3 Å². The van der Waals surface area contributed by atoms with Crippen molar-refractivity contribution in [1.29, 1.82) is 0 Å². The van der Waals surface area contributed by atoms with Gasteiger partial charge in [0.05, 0.1) is 11.6 Å². The van der Waals surface area contributed by atoms with Gasteiger partial charge >= 0.3 is 0 Å². The van der Waals surface area contributed by atoms with E-state index in [9.17, 15) is 0 Å². The summed E-state index contributed by atoms with van der Waals surface area (Å²) in [5.74, 6) is 0.485. The molecule has 0 N–H and O–H groups in total. The zero-order valence-corrected chi connectivity index (χ0v) is 10.6. The molecular weight excluding hydrogens is 275 g/mol. The lowest BCUT2D eigenvalue weighted by atomic mass is 10.1. The lowest BCUT2D eigenvalue weighted by Crippen LogP contribution is -1.87. The number of halogens is 2. The minimum atomic E-state index is 0.485. The summed E-state index contributed by atoms with van der Waals surface area (Å²) < 4.78 is 2.85. The van der Waals surface area contributed by atoms with Gasteiger partial charge < -0.3 is 0 Å². The third-order valence-electron chi connectivity index (χ3n) is 2.17. The second kappa shape index (κ2) is 4.37. The van der Waals surface area contributed by atoms with E-state index in [0.717, 1.165) is 21.3 Å². The number of aryl methyl sites for hydroxylation is 1. The quantitative estimate of drug-likeness (QED) is 0.771. The third-order valence-corrected chi connectivity index (χ3v) is 2.98. The van der Waals surface area contributed by atoms with Crippen LogP contribution in [0.5, 0.6) is 0 Å². The molecule has 0 amide bonds. The molecule has 15 heavy (non-hydrogen) atoms. The van der Waals surface area contributed by atoms with Crippen molar-refractivity contribution in [3.05, 3.63) is 40.5 Å². The van der Waals surface area contributed by atoms with Crippen LogP contribution in [0.1, 0.15) is 5.56 Å². The van der Waals surface area contributed by atoms with Crippen molar-refractivity contribution < 1.29 is 0 Å². The van der Waals surface area contributed by atoms with Gasteiger partial charge in [0.25, 0.3) is 0 Å². The monoisotopic (exact) mass is 284 g/mol. The predicted octanol–water partition coefficient (Wildman–Crippen LogP) is 3.59. The summed E-state index contributed by atoms with van der Waals surface area (Å²) in [7, 11) is 1.90. The molecule has 0 fully saturated rings. The van der Waals surface area contributed by atoms with E-state index >= 15 is 0 Å². The molecular formula is C11H10BrClN2. The van der Waals surface area contributed by atoms with Gasteiger partial charge in [0.2, 0.25) is 0 Å². The highest BCUT2D eigenvalue weighted by Crippen LogP contribution is 2.24. The first-order chi connectivity index (χ1) is 7.20. The van der Waals surface area contributed by atoms with Crippen LogP contribution in [-0.4, -0.2) is 9.78 Å². The zero-order valence-electron chi connectivity index (χ0n) is 8.24. The van der Waals surface area contributed by atoms with Gasteiger partial charge in [-0.2, -0.15) is 5.10 Å². The minimum Gasteiger partial charge on any atom is -0.275 e. The van der Waals surface area contributed by atoms with Crippen LogP contribution >= 0.6 is 27.5 Å². The summed E-state index contributed by atoms with van der Waals surface area (Å²) in [4.78, 5) is 0. The van der Waals surface area contributed by atoms with Crippen molar-refractivity contribution in [2.75, 3.05) is 0 Å². The summed E-state index contributed by atoms with van der Waals surface area (Å²) in [5, 5.41) is 4.40. The molecule has 1 aromatic carbocycles. The van der Waals surface area contributed by atoms with Crippen molar-refractivity contribution in [3.63, 3.8) is 0 Å². The van der Waals surface area contributed by atoms with E-state index < -0.39 is 0 Å². The van der Waals surface area contributed by atoms with E-state index in [4.69, 9.17) is 11.6 Å². The summed E-state index contributed by atoms with van der Waals surface area (Å²) in [6, 6.07) is 8.06. The zero-order chi connectivity index (χ0) is 10.8. The van der Waals surface area contributed by atoms with E-state index in [2.05, 4.69) is 21.0 Å². The molecule has 0 spiro atoms. The van der Waals surface area contributed by atoms with Crippen molar-refractivity contribution in [2.24, 2.45) is 7.05 Å². The molecule has 0 aliphatic carbocycles. The van der Waals surface area contributed by atoms with E-state index in [1.165, 1.54) is 0 Å². The first-order valence-corrected chi connectivity index (χ1v) is 5.88. The van der Waals surface area contributed by atoms with Crippen LogP contribution in [0.4, 0.5) is 0 Å². The van der Waals surface area contributed by atoms with E-state index in [1.807, 2.05) is 37.5 Å². The maximum Gasteiger partial charge on any atom is 0.0967 e. The molecule has 78 valence electrons. The van der Waals surface area contributed by atoms with Crippen molar-refractivity contribution >= 4 is 27.5 Å². The van der Waals surface area contributed by atoms with Crippen molar-refractivity contribution in [3.8, 4) is 11.3 Å². The molecule has 0 bridgehead atoms. The number of nitrogens with zero attached hydrogens (tertiary/aromatic N) is 2. The molecule has 0 unspecified atom stereocenters. The average molecular weight is 286 g/mol. The number of benzene rings is 1. The molecule has 0 aliphatic rings. The number of rotatable bonds is 2. The maximum atomic E-state index is 5.86. The van der Waals surface area contributed by atoms with Gasteiger partial charge in [-0.25, -0.2) is 0 Å². The van der Waals surface area contributed by atoms with Crippen LogP contribution in [-0.2, 0) is 12.9 Å². The van der Waals surface area contributed by atoms with Gasteiger partial charge in [-0.05, 0) is 12.1 Å². The largest absolute Gasteiger partial charge is 0.275 e. The van der Waals surface area contributed by atoms with Gasteiger partial charge in [-0.3, -0.25) is 4.68 Å². The molecule has 0 saturated heterocycles. The van der Waals surface area contributed by atoms with Crippen LogP contribution in [0.3, 0.4) is 0 Å². The van der Waals surface area contributed by atoms with E-state index in [0.29, 0.717) is 5.88 Å². The van der Waals surface area contributed by atoms with Crippen LogP contribution < -0.4 is 0 Å². The highest BCUT2D eigenvalue weighted by Gasteiger charge is 2.08. The molecule has 4 heteroatoms. The molecule has 0 saturated carbocycles. The number of hydrogen-bond acceptors (Lipinski definition) is 1. The normalized spacial score (nSPS) is 10.6. The fourth-order valence-electron chi connectivity index (χ4n) is 1.49. The first-order valence-electron chi connectivity index (χ1n) is 4.55. The van der Waals surface area contributed by atoms with Crippen LogP contribution in [0, 0.1) is 0 Å². The Balaban J connectivity index is 2.48. The Bertz CT molecular complexity index is 462.